The second-order valence-electron chi connectivity index (χ2n) is 4.34. The van der Waals surface area contributed by atoms with Crippen molar-refractivity contribution >= 4 is 15.9 Å². The molecule has 1 aliphatic heterocycles. The third kappa shape index (κ3) is 2.02. The Bertz CT molecular complexity index is 360. The number of nitrogens with one attached hydrogen (secondary N) is 1. The van der Waals surface area contributed by atoms with E-state index < -0.39 is 0 Å². The first-order valence-electron chi connectivity index (χ1n) is 5.42. The molecule has 2 rings (SSSR count). The molecule has 16 heavy (non-hydrogen) atoms. The molecule has 1 saturated heterocycles. The summed E-state index contributed by atoms with van der Waals surface area (Å²) in [4.78, 5) is 0. The monoisotopic (exact) mass is 284 g/mol. The summed E-state index contributed by atoms with van der Waals surface area (Å²) in [7, 11) is 1.97. The van der Waals surface area contributed by atoms with Crippen molar-refractivity contribution in [3.8, 4) is 0 Å². The third-order valence-electron chi connectivity index (χ3n) is 3.27. The molecular weight excluding hydrogens is 268 g/mol. The van der Waals surface area contributed by atoms with Crippen molar-refractivity contribution in [2.24, 2.45) is 11.1 Å². The first-order valence-corrected chi connectivity index (χ1v) is 6.22. The number of hydrogen-bond donors (Lipinski definition) is 2. The Morgan fingerprint density at radius 1 is 1.56 bits per heavy atom. The molecule has 1 heterocycles. The SMILES string of the molecule is CNC(c1cccc(Br)c1)C1(CN)COC1. The molecule has 3 N–H and O–H groups in total. The zero-order valence-electron chi connectivity index (χ0n) is 9.37. The van der Waals surface area contributed by atoms with Crippen molar-refractivity contribution in [2.45, 2.75) is 6.04 Å². The summed E-state index contributed by atoms with van der Waals surface area (Å²) < 4.78 is 6.43. The maximum atomic E-state index is 5.89. The van der Waals surface area contributed by atoms with E-state index in [4.69, 9.17) is 10.5 Å². The van der Waals surface area contributed by atoms with Crippen molar-refractivity contribution in [3.63, 3.8) is 0 Å². The van der Waals surface area contributed by atoms with Gasteiger partial charge in [0.1, 0.15) is 0 Å². The highest BCUT2D eigenvalue weighted by molar-refractivity contribution is 9.10. The molecule has 3 nitrogen and oxygen atoms in total. The molecule has 0 bridgehead atoms. The number of ether oxygens (including phenoxy) is 1. The van der Waals surface area contributed by atoms with E-state index in [0.29, 0.717) is 6.54 Å². The summed E-state index contributed by atoms with van der Waals surface area (Å²) in [5.74, 6) is 0. The van der Waals surface area contributed by atoms with Crippen LogP contribution in [0.1, 0.15) is 11.6 Å². The first kappa shape index (κ1) is 12.0. The number of rotatable bonds is 4. The highest BCUT2D eigenvalue weighted by Gasteiger charge is 2.44. The molecule has 0 aromatic heterocycles. The number of benzene rings is 1. The van der Waals surface area contributed by atoms with E-state index in [-0.39, 0.29) is 11.5 Å². The minimum absolute atomic E-state index is 0.0511. The summed E-state index contributed by atoms with van der Waals surface area (Å²) in [6, 6.07) is 8.60. The molecule has 4 heteroatoms. The van der Waals surface area contributed by atoms with Crippen molar-refractivity contribution in [1.29, 1.82) is 0 Å². The van der Waals surface area contributed by atoms with Gasteiger partial charge in [-0.3, -0.25) is 0 Å². The number of halogens is 1. The zero-order chi connectivity index (χ0) is 11.6. The van der Waals surface area contributed by atoms with Crippen LogP contribution in [0.4, 0.5) is 0 Å². The Balaban J connectivity index is 2.28. The highest BCUT2D eigenvalue weighted by atomic mass is 79.9. The van der Waals surface area contributed by atoms with Gasteiger partial charge in [-0.05, 0) is 24.7 Å². The molecule has 1 aromatic rings. The average molecular weight is 285 g/mol. The van der Waals surface area contributed by atoms with Crippen LogP contribution in [0.5, 0.6) is 0 Å². The molecule has 1 aromatic carbocycles. The van der Waals surface area contributed by atoms with E-state index in [9.17, 15) is 0 Å². The van der Waals surface area contributed by atoms with E-state index in [1.54, 1.807) is 0 Å². The summed E-state index contributed by atoms with van der Waals surface area (Å²) in [6.45, 7) is 2.12. The van der Waals surface area contributed by atoms with Gasteiger partial charge >= 0.3 is 0 Å². The molecule has 0 aliphatic carbocycles. The van der Waals surface area contributed by atoms with Crippen LogP contribution in [-0.4, -0.2) is 26.8 Å². The molecule has 0 saturated carbocycles. The molecule has 0 amide bonds. The number of hydrogen-bond acceptors (Lipinski definition) is 3. The minimum Gasteiger partial charge on any atom is -0.380 e. The molecule has 1 fully saturated rings. The average Bonchev–Trinajstić information content (AvgIpc) is 2.23. The van der Waals surface area contributed by atoms with Gasteiger partial charge in [0.2, 0.25) is 0 Å². The van der Waals surface area contributed by atoms with Crippen molar-refractivity contribution < 1.29 is 4.74 Å². The minimum atomic E-state index is 0.0511. The predicted molar refractivity (Wildman–Crippen MR) is 68.2 cm³/mol. The van der Waals surface area contributed by atoms with Gasteiger partial charge in [-0.25, -0.2) is 0 Å². The molecule has 1 atom stereocenters. The molecule has 1 unspecified atom stereocenters. The Kier molecular flexibility index (Phi) is 3.64. The lowest BCUT2D eigenvalue weighted by Crippen LogP contribution is -2.55. The topological polar surface area (TPSA) is 47.3 Å². The lowest BCUT2D eigenvalue weighted by Gasteiger charge is -2.46. The molecular formula is C12H17BrN2O. The second-order valence-corrected chi connectivity index (χ2v) is 5.25. The van der Waals surface area contributed by atoms with Crippen LogP contribution in [0.3, 0.4) is 0 Å². The van der Waals surface area contributed by atoms with Crippen molar-refractivity contribution in [2.75, 3.05) is 26.8 Å². The van der Waals surface area contributed by atoms with Crippen LogP contribution in [0, 0.1) is 5.41 Å². The zero-order valence-corrected chi connectivity index (χ0v) is 11.0. The van der Waals surface area contributed by atoms with Gasteiger partial charge in [0.05, 0.1) is 13.2 Å². The summed E-state index contributed by atoms with van der Waals surface area (Å²) in [6.07, 6.45) is 0. The van der Waals surface area contributed by atoms with Crippen LogP contribution in [0.2, 0.25) is 0 Å². The van der Waals surface area contributed by atoms with Gasteiger partial charge in [-0.15, -0.1) is 0 Å². The fourth-order valence-electron chi connectivity index (χ4n) is 2.28. The lowest BCUT2D eigenvalue weighted by molar-refractivity contribution is -0.126. The maximum absolute atomic E-state index is 5.89. The van der Waals surface area contributed by atoms with E-state index in [1.165, 1.54) is 5.56 Å². The Labute approximate surface area is 104 Å². The predicted octanol–water partition coefficient (Wildman–Crippen LogP) is 1.68. The fourth-order valence-corrected chi connectivity index (χ4v) is 2.70. The highest BCUT2D eigenvalue weighted by Crippen LogP contribution is 2.39. The normalized spacial score (nSPS) is 20.2. The van der Waals surface area contributed by atoms with Crippen LogP contribution in [0.15, 0.2) is 28.7 Å². The van der Waals surface area contributed by atoms with Crippen molar-refractivity contribution in [1.82, 2.24) is 5.32 Å². The van der Waals surface area contributed by atoms with Crippen LogP contribution in [-0.2, 0) is 4.74 Å². The Hall–Kier alpha value is -0.420. The van der Waals surface area contributed by atoms with E-state index in [2.05, 4.69) is 33.4 Å². The van der Waals surface area contributed by atoms with Gasteiger partial charge in [0.15, 0.2) is 0 Å². The van der Waals surface area contributed by atoms with Gasteiger partial charge in [-0.1, -0.05) is 28.1 Å². The lowest BCUT2D eigenvalue weighted by atomic mass is 9.75. The Morgan fingerprint density at radius 3 is 2.75 bits per heavy atom. The first-order chi connectivity index (χ1) is 7.72. The molecule has 88 valence electrons. The third-order valence-corrected chi connectivity index (χ3v) is 3.76. The van der Waals surface area contributed by atoms with Gasteiger partial charge < -0.3 is 15.8 Å². The van der Waals surface area contributed by atoms with Crippen LogP contribution < -0.4 is 11.1 Å². The fraction of sp³-hybridized carbons (Fsp3) is 0.500. The maximum Gasteiger partial charge on any atom is 0.0575 e. The quantitative estimate of drug-likeness (QED) is 0.885. The summed E-state index contributed by atoms with van der Waals surface area (Å²) in [5, 5.41) is 3.36. The molecule has 0 radical (unpaired) electrons. The molecule has 1 aliphatic rings. The van der Waals surface area contributed by atoms with E-state index >= 15 is 0 Å². The standard InChI is InChI=1S/C12H17BrN2O/c1-15-11(12(6-14)7-16-8-12)9-3-2-4-10(13)5-9/h2-5,11,15H,6-8,14H2,1H3. The van der Waals surface area contributed by atoms with E-state index in [1.807, 2.05) is 19.2 Å². The Morgan fingerprint density at radius 2 is 2.31 bits per heavy atom. The van der Waals surface area contributed by atoms with E-state index in [0.717, 1.165) is 17.7 Å². The van der Waals surface area contributed by atoms with Gasteiger partial charge in [-0.2, -0.15) is 0 Å². The van der Waals surface area contributed by atoms with Gasteiger partial charge in [0.25, 0.3) is 0 Å². The summed E-state index contributed by atoms with van der Waals surface area (Å²) >= 11 is 3.50. The number of nitrogens with two attached hydrogens (primary N) is 1. The van der Waals surface area contributed by atoms with Gasteiger partial charge in [0, 0.05) is 22.5 Å². The smallest absolute Gasteiger partial charge is 0.0575 e. The second kappa shape index (κ2) is 4.84. The largest absolute Gasteiger partial charge is 0.380 e. The van der Waals surface area contributed by atoms with Crippen LogP contribution in [0.25, 0.3) is 0 Å². The van der Waals surface area contributed by atoms with Crippen LogP contribution >= 0.6 is 15.9 Å². The van der Waals surface area contributed by atoms with Crippen molar-refractivity contribution in [3.05, 3.63) is 34.3 Å². The molecule has 0 spiro atoms. The summed E-state index contributed by atoms with van der Waals surface area (Å²) in [5.41, 5.74) is 7.20.